The lowest BCUT2D eigenvalue weighted by molar-refractivity contribution is 0.204. The van der Waals surface area contributed by atoms with Gasteiger partial charge in [-0.05, 0) is 26.3 Å². The van der Waals surface area contributed by atoms with Crippen molar-refractivity contribution in [1.82, 2.24) is 15.1 Å². The minimum Gasteiger partial charge on any atom is -0.383 e. The Morgan fingerprint density at radius 1 is 1.47 bits per heavy atom. The first-order valence-corrected chi connectivity index (χ1v) is 7.17. The minimum absolute atomic E-state index is 0.672. The molecule has 0 amide bonds. The van der Waals surface area contributed by atoms with Crippen LogP contribution < -0.4 is 10.2 Å². The maximum atomic E-state index is 5.25. The van der Waals surface area contributed by atoms with Crippen LogP contribution in [0.1, 0.15) is 31.0 Å². The molecule has 108 valence electrons. The van der Waals surface area contributed by atoms with E-state index in [1.165, 1.54) is 24.2 Å². The predicted octanol–water partition coefficient (Wildman–Crippen LogP) is 1.45. The zero-order valence-corrected chi connectivity index (χ0v) is 12.6. The molecule has 1 aliphatic carbocycles. The predicted molar refractivity (Wildman–Crippen MR) is 77.6 cm³/mol. The Morgan fingerprint density at radius 3 is 2.79 bits per heavy atom. The molecule has 0 saturated heterocycles. The van der Waals surface area contributed by atoms with E-state index < -0.39 is 0 Å². The number of anilines is 1. The molecule has 0 bridgehead atoms. The molecular weight excluding hydrogens is 240 g/mol. The molecule has 1 aliphatic rings. The van der Waals surface area contributed by atoms with Crippen LogP contribution in [0.2, 0.25) is 0 Å². The molecule has 0 aromatic carbocycles. The summed E-state index contributed by atoms with van der Waals surface area (Å²) >= 11 is 0. The fourth-order valence-corrected chi connectivity index (χ4v) is 2.54. The number of aromatic nitrogens is 2. The molecule has 2 rings (SSSR count). The van der Waals surface area contributed by atoms with Crippen LogP contribution >= 0.6 is 0 Å². The number of nitrogens with zero attached hydrogens (tertiary/aromatic N) is 3. The Morgan fingerprint density at radius 2 is 2.21 bits per heavy atom. The van der Waals surface area contributed by atoms with E-state index in [0.29, 0.717) is 6.04 Å². The van der Waals surface area contributed by atoms with E-state index in [2.05, 4.69) is 29.2 Å². The Balaban J connectivity index is 2.23. The van der Waals surface area contributed by atoms with Crippen LogP contribution in [0.3, 0.4) is 0 Å². The standard InChI is InChI=1S/C14H26N4O/c1-5-15-10-13-11(2)16-17(3)14(13)18(8-9-19-4)12-6-7-12/h12,15H,5-10H2,1-4H3. The number of ether oxygens (including phenoxy) is 1. The van der Waals surface area contributed by atoms with E-state index in [4.69, 9.17) is 4.74 Å². The second kappa shape index (κ2) is 6.39. The maximum Gasteiger partial charge on any atom is 0.131 e. The summed E-state index contributed by atoms with van der Waals surface area (Å²) in [7, 11) is 3.80. The highest BCUT2D eigenvalue weighted by atomic mass is 16.5. The van der Waals surface area contributed by atoms with E-state index in [0.717, 1.165) is 31.9 Å². The van der Waals surface area contributed by atoms with Crippen LogP contribution in [0.25, 0.3) is 0 Å². The van der Waals surface area contributed by atoms with Crippen molar-refractivity contribution in [2.75, 3.05) is 31.7 Å². The van der Waals surface area contributed by atoms with Gasteiger partial charge in [0.05, 0.1) is 12.3 Å². The molecule has 5 heteroatoms. The summed E-state index contributed by atoms with van der Waals surface area (Å²) in [5.41, 5.74) is 2.45. The van der Waals surface area contributed by atoms with Crippen LogP contribution in [-0.2, 0) is 18.3 Å². The molecule has 0 aliphatic heterocycles. The Labute approximate surface area is 115 Å². The monoisotopic (exact) mass is 266 g/mol. The third-order valence-corrected chi connectivity index (χ3v) is 3.66. The molecule has 0 unspecified atom stereocenters. The summed E-state index contributed by atoms with van der Waals surface area (Å²) in [5.74, 6) is 1.26. The molecule has 19 heavy (non-hydrogen) atoms. The molecule has 1 aromatic heterocycles. The molecular formula is C14H26N4O. The lowest BCUT2D eigenvalue weighted by atomic mass is 10.2. The zero-order chi connectivity index (χ0) is 13.8. The number of rotatable bonds is 8. The van der Waals surface area contributed by atoms with Gasteiger partial charge in [0.15, 0.2) is 0 Å². The van der Waals surface area contributed by atoms with E-state index in [-0.39, 0.29) is 0 Å². The average molecular weight is 266 g/mol. The highest BCUT2D eigenvalue weighted by Gasteiger charge is 2.32. The highest BCUT2D eigenvalue weighted by Crippen LogP contribution is 2.34. The van der Waals surface area contributed by atoms with Crippen molar-refractivity contribution >= 4 is 5.82 Å². The summed E-state index contributed by atoms with van der Waals surface area (Å²) in [6.45, 7) is 7.81. The van der Waals surface area contributed by atoms with E-state index >= 15 is 0 Å². The van der Waals surface area contributed by atoms with Gasteiger partial charge in [-0.25, -0.2) is 0 Å². The van der Waals surface area contributed by atoms with Gasteiger partial charge >= 0.3 is 0 Å². The second-order valence-corrected chi connectivity index (χ2v) is 5.21. The lowest BCUT2D eigenvalue weighted by Crippen LogP contribution is -2.32. The number of hydrogen-bond acceptors (Lipinski definition) is 4. The number of nitrogens with one attached hydrogen (secondary N) is 1. The van der Waals surface area contributed by atoms with Crippen molar-refractivity contribution in [3.63, 3.8) is 0 Å². The first-order valence-electron chi connectivity index (χ1n) is 7.17. The molecule has 1 fully saturated rings. The van der Waals surface area contributed by atoms with Crippen LogP contribution in [-0.4, -0.2) is 42.6 Å². The molecule has 1 N–H and O–H groups in total. The smallest absolute Gasteiger partial charge is 0.131 e. The van der Waals surface area contributed by atoms with Gasteiger partial charge in [0.1, 0.15) is 5.82 Å². The molecule has 1 aromatic rings. The summed E-state index contributed by atoms with van der Waals surface area (Å²) in [4.78, 5) is 2.47. The SMILES string of the molecule is CCNCc1c(C)nn(C)c1N(CCOC)C1CC1. The molecule has 5 nitrogen and oxygen atoms in total. The van der Waals surface area contributed by atoms with Crippen molar-refractivity contribution in [3.8, 4) is 0 Å². The topological polar surface area (TPSA) is 42.3 Å². The third kappa shape index (κ3) is 3.28. The summed E-state index contributed by atoms with van der Waals surface area (Å²) < 4.78 is 7.28. The van der Waals surface area contributed by atoms with Gasteiger partial charge in [-0.3, -0.25) is 4.68 Å². The van der Waals surface area contributed by atoms with Gasteiger partial charge in [-0.15, -0.1) is 0 Å². The van der Waals surface area contributed by atoms with Crippen molar-refractivity contribution < 1.29 is 4.74 Å². The van der Waals surface area contributed by atoms with E-state index in [1.54, 1.807) is 7.11 Å². The zero-order valence-electron chi connectivity index (χ0n) is 12.6. The van der Waals surface area contributed by atoms with Crippen LogP contribution in [0.5, 0.6) is 0 Å². The maximum absolute atomic E-state index is 5.25. The van der Waals surface area contributed by atoms with Crippen molar-refractivity contribution in [1.29, 1.82) is 0 Å². The second-order valence-electron chi connectivity index (χ2n) is 5.21. The fourth-order valence-electron chi connectivity index (χ4n) is 2.54. The lowest BCUT2D eigenvalue weighted by Gasteiger charge is -2.25. The molecule has 1 heterocycles. The number of aryl methyl sites for hydroxylation is 2. The number of methoxy groups -OCH3 is 1. The Bertz CT molecular complexity index is 412. The van der Waals surface area contributed by atoms with Gasteiger partial charge in [-0.2, -0.15) is 5.10 Å². The molecule has 0 atom stereocenters. The van der Waals surface area contributed by atoms with E-state index in [1.807, 2.05) is 11.7 Å². The average Bonchev–Trinajstić information content (AvgIpc) is 3.17. The summed E-state index contributed by atoms with van der Waals surface area (Å²) in [5, 5.41) is 8.02. The Kier molecular flexibility index (Phi) is 4.82. The third-order valence-electron chi connectivity index (χ3n) is 3.66. The van der Waals surface area contributed by atoms with Gasteiger partial charge in [0, 0.05) is 38.9 Å². The first kappa shape index (κ1) is 14.3. The fraction of sp³-hybridized carbons (Fsp3) is 0.786. The van der Waals surface area contributed by atoms with Gasteiger partial charge < -0.3 is 15.0 Å². The van der Waals surface area contributed by atoms with Gasteiger partial charge in [0.25, 0.3) is 0 Å². The summed E-state index contributed by atoms with van der Waals surface area (Å²) in [6, 6.07) is 0.672. The summed E-state index contributed by atoms with van der Waals surface area (Å²) in [6.07, 6.45) is 2.57. The Hall–Kier alpha value is -1.07. The largest absolute Gasteiger partial charge is 0.383 e. The molecule has 0 spiro atoms. The quantitative estimate of drug-likeness (QED) is 0.773. The first-order chi connectivity index (χ1) is 9.19. The number of hydrogen-bond donors (Lipinski definition) is 1. The minimum atomic E-state index is 0.672. The van der Waals surface area contributed by atoms with Crippen molar-refractivity contribution in [3.05, 3.63) is 11.3 Å². The van der Waals surface area contributed by atoms with Gasteiger partial charge in [0.2, 0.25) is 0 Å². The van der Waals surface area contributed by atoms with Crippen LogP contribution in [0.4, 0.5) is 5.82 Å². The highest BCUT2D eigenvalue weighted by molar-refractivity contribution is 5.52. The van der Waals surface area contributed by atoms with Crippen LogP contribution in [0.15, 0.2) is 0 Å². The van der Waals surface area contributed by atoms with E-state index in [9.17, 15) is 0 Å². The molecule has 1 saturated carbocycles. The molecule has 0 radical (unpaired) electrons. The van der Waals surface area contributed by atoms with Crippen LogP contribution in [0, 0.1) is 6.92 Å². The van der Waals surface area contributed by atoms with Crippen molar-refractivity contribution in [2.45, 2.75) is 39.3 Å². The van der Waals surface area contributed by atoms with Crippen molar-refractivity contribution in [2.24, 2.45) is 7.05 Å². The normalized spacial score (nSPS) is 14.9. The van der Waals surface area contributed by atoms with Gasteiger partial charge in [-0.1, -0.05) is 6.92 Å².